The summed E-state index contributed by atoms with van der Waals surface area (Å²) in [6.07, 6.45) is -6.06. The highest BCUT2D eigenvalue weighted by Crippen LogP contribution is 2.32. The minimum Gasteiger partial charge on any atom is -0.364 e. The first kappa shape index (κ1) is 26.0. The molecule has 2 heterocycles. The summed E-state index contributed by atoms with van der Waals surface area (Å²) in [6, 6.07) is 6.24. The second-order valence-corrected chi connectivity index (χ2v) is 10.8. The summed E-state index contributed by atoms with van der Waals surface area (Å²) in [7, 11) is -2.98. The van der Waals surface area contributed by atoms with Crippen molar-refractivity contribution >= 4 is 27.1 Å². The molecule has 1 aromatic carbocycles. The molecule has 0 aliphatic carbocycles. The minimum atomic E-state index is -4.47. The molecule has 1 amide bonds. The smallest absolute Gasteiger partial charge is 0.364 e. The van der Waals surface area contributed by atoms with Crippen LogP contribution in [0.25, 0.3) is 0 Å². The van der Waals surface area contributed by atoms with Crippen molar-refractivity contribution in [3.63, 3.8) is 0 Å². The summed E-state index contributed by atoms with van der Waals surface area (Å²) in [5.74, 6) is -0.190. The number of nitrogens with zero attached hydrogens (tertiary/aromatic N) is 2. The maximum Gasteiger partial charge on any atom is 0.414 e. The topological polar surface area (TPSA) is 95.4 Å². The fourth-order valence-electron chi connectivity index (χ4n) is 3.93. The molecule has 2 N–H and O–H groups in total. The number of nitrogens with one attached hydrogen (secondary N) is 2. The number of carbonyl (C=O) groups excluding carboxylic acids is 1. The van der Waals surface area contributed by atoms with E-state index in [4.69, 9.17) is 9.52 Å². The highest BCUT2D eigenvalue weighted by molar-refractivity contribution is 7.91. The van der Waals surface area contributed by atoms with E-state index in [9.17, 15) is 22.2 Å². The summed E-state index contributed by atoms with van der Waals surface area (Å²) >= 11 is 0. The average Bonchev–Trinajstić information content (AvgIpc) is 2.92. The number of hydrogen-bond donors (Lipinski definition) is 2. The van der Waals surface area contributed by atoms with E-state index in [-0.39, 0.29) is 30.0 Å². The van der Waals surface area contributed by atoms with Gasteiger partial charge in [-0.25, -0.2) is 14.0 Å². The fraction of sp³-hybridized carbons (Fsp3) is 0.478. The second kappa shape index (κ2) is 9.53. The van der Waals surface area contributed by atoms with Gasteiger partial charge in [0, 0.05) is 42.0 Å². The Labute approximate surface area is 197 Å². The van der Waals surface area contributed by atoms with Crippen LogP contribution in [0.2, 0.25) is 0 Å². The monoisotopic (exact) mass is 498 g/mol. The Morgan fingerprint density at radius 3 is 2.56 bits per heavy atom. The third-order valence-electron chi connectivity index (χ3n) is 5.95. The first-order valence-electron chi connectivity index (χ1n) is 10.8. The number of ether oxygens (including phenoxy) is 1. The Morgan fingerprint density at radius 1 is 1.26 bits per heavy atom. The molecule has 1 aliphatic heterocycles. The summed E-state index contributed by atoms with van der Waals surface area (Å²) in [5.41, 5.74) is 2.77. The summed E-state index contributed by atoms with van der Waals surface area (Å²) < 4.78 is 65.0. The molecule has 1 fully saturated rings. The molecular formula is C23H29F3N4O3S. The van der Waals surface area contributed by atoms with Gasteiger partial charge in [0.25, 0.3) is 5.91 Å². The van der Waals surface area contributed by atoms with Crippen LogP contribution in [0.3, 0.4) is 0 Å². The van der Waals surface area contributed by atoms with E-state index in [1.54, 1.807) is 43.9 Å². The van der Waals surface area contributed by atoms with Crippen LogP contribution in [0.4, 0.5) is 24.7 Å². The number of alkyl halides is 3. The summed E-state index contributed by atoms with van der Waals surface area (Å²) in [6.45, 7) is 7.14. The third-order valence-corrected chi connectivity index (χ3v) is 7.10. The van der Waals surface area contributed by atoms with Gasteiger partial charge in [0.1, 0.15) is 5.82 Å². The molecule has 0 spiro atoms. The number of carbonyl (C=O) groups is 1. The predicted octanol–water partition coefficient (Wildman–Crippen LogP) is 4.84. The van der Waals surface area contributed by atoms with Crippen LogP contribution in [0.5, 0.6) is 0 Å². The molecule has 0 radical (unpaired) electrons. The Bertz CT molecular complexity index is 1200. The van der Waals surface area contributed by atoms with Crippen molar-refractivity contribution in [2.75, 3.05) is 29.6 Å². The number of hydrogen-bond acceptors (Lipinski definition) is 6. The Balaban J connectivity index is 2.00. The van der Waals surface area contributed by atoms with Gasteiger partial charge in [0.2, 0.25) is 0 Å². The van der Waals surface area contributed by atoms with Gasteiger partial charge in [-0.2, -0.15) is 13.2 Å². The number of pyridine rings is 1. The Hall–Kier alpha value is -2.66. The van der Waals surface area contributed by atoms with Crippen molar-refractivity contribution in [3.05, 3.63) is 46.6 Å². The van der Waals surface area contributed by atoms with Crippen molar-refractivity contribution in [3.8, 4) is 0 Å². The van der Waals surface area contributed by atoms with Crippen LogP contribution in [0.1, 0.15) is 40.5 Å². The van der Waals surface area contributed by atoms with Crippen molar-refractivity contribution in [2.45, 2.75) is 57.4 Å². The lowest BCUT2D eigenvalue weighted by molar-refractivity contribution is -0.228. The van der Waals surface area contributed by atoms with Crippen LogP contribution < -0.4 is 10.2 Å². The van der Waals surface area contributed by atoms with Gasteiger partial charge in [-0.05, 0) is 57.0 Å². The number of aromatic nitrogens is 1. The molecule has 3 atom stereocenters. The van der Waals surface area contributed by atoms with Crippen molar-refractivity contribution in [2.24, 2.45) is 0 Å². The SMILES string of the molecule is Cc1nc(N2CCC(C(F)(F)F)O[C@H](C)C2)c(C(=O)Nc2cccc(S(C)(=N)=O)c2)c(C)c1C. The highest BCUT2D eigenvalue weighted by Gasteiger charge is 2.43. The number of rotatable bonds is 4. The van der Waals surface area contributed by atoms with Gasteiger partial charge in [-0.1, -0.05) is 6.07 Å². The zero-order valence-electron chi connectivity index (χ0n) is 19.7. The van der Waals surface area contributed by atoms with Gasteiger partial charge in [-0.3, -0.25) is 4.79 Å². The van der Waals surface area contributed by atoms with E-state index in [2.05, 4.69) is 10.3 Å². The minimum absolute atomic E-state index is 0.0238. The second-order valence-electron chi connectivity index (χ2n) is 8.68. The lowest BCUT2D eigenvalue weighted by atomic mass is 10.0. The van der Waals surface area contributed by atoms with E-state index in [1.807, 2.05) is 6.92 Å². The number of amides is 1. The normalized spacial score (nSPS) is 21.0. The molecule has 2 aromatic rings. The standard InChI is InChI=1S/C23H29F3N4O3S/c1-13-12-30(10-9-19(33-13)23(24,25)26)21-20(15(3)14(2)16(4)28-21)22(31)29-17-7-6-8-18(11-17)34(5,27)32/h6-8,11,13,19,27H,9-10,12H2,1-5H3,(H,29,31)/t13-,19?,34?/m1/s1. The van der Waals surface area contributed by atoms with E-state index in [0.29, 0.717) is 22.8 Å². The lowest BCUT2D eigenvalue weighted by Crippen LogP contribution is -2.34. The predicted molar refractivity (Wildman–Crippen MR) is 125 cm³/mol. The fourth-order valence-corrected chi connectivity index (χ4v) is 4.63. The van der Waals surface area contributed by atoms with Crippen LogP contribution in [0.15, 0.2) is 29.2 Å². The molecule has 2 unspecified atom stereocenters. The van der Waals surface area contributed by atoms with Crippen LogP contribution in [-0.2, 0) is 14.5 Å². The molecule has 1 aliphatic rings. The van der Waals surface area contributed by atoms with Gasteiger partial charge in [-0.15, -0.1) is 0 Å². The third kappa shape index (κ3) is 5.69. The van der Waals surface area contributed by atoms with E-state index in [1.165, 1.54) is 12.3 Å². The van der Waals surface area contributed by atoms with Crippen molar-refractivity contribution < 1.29 is 26.9 Å². The Kier molecular flexibility index (Phi) is 7.28. The van der Waals surface area contributed by atoms with E-state index < -0.39 is 34.0 Å². The molecule has 0 saturated carbocycles. The van der Waals surface area contributed by atoms with Gasteiger partial charge < -0.3 is 15.0 Å². The van der Waals surface area contributed by atoms with Gasteiger partial charge >= 0.3 is 6.18 Å². The summed E-state index contributed by atoms with van der Waals surface area (Å²) in [4.78, 5) is 19.9. The molecule has 1 aromatic heterocycles. The Morgan fingerprint density at radius 2 is 1.94 bits per heavy atom. The number of anilines is 2. The molecular weight excluding hydrogens is 469 g/mol. The molecule has 186 valence electrons. The van der Waals surface area contributed by atoms with Crippen molar-refractivity contribution in [1.82, 2.24) is 4.98 Å². The largest absolute Gasteiger partial charge is 0.414 e. The zero-order chi connectivity index (χ0) is 25.4. The first-order chi connectivity index (χ1) is 15.7. The maximum absolute atomic E-state index is 13.4. The lowest BCUT2D eigenvalue weighted by Gasteiger charge is -2.27. The summed E-state index contributed by atoms with van der Waals surface area (Å²) in [5, 5.41) is 2.77. The number of aryl methyl sites for hydroxylation is 1. The zero-order valence-corrected chi connectivity index (χ0v) is 20.6. The van der Waals surface area contributed by atoms with Crippen molar-refractivity contribution in [1.29, 1.82) is 4.78 Å². The molecule has 3 rings (SSSR count). The molecule has 0 bridgehead atoms. The molecule has 7 nitrogen and oxygen atoms in total. The molecule has 1 saturated heterocycles. The van der Waals surface area contributed by atoms with Crippen LogP contribution in [0, 0.1) is 25.6 Å². The number of benzene rings is 1. The van der Waals surface area contributed by atoms with E-state index >= 15 is 0 Å². The van der Waals surface area contributed by atoms with E-state index in [0.717, 1.165) is 5.56 Å². The first-order valence-corrected chi connectivity index (χ1v) is 12.7. The molecule has 34 heavy (non-hydrogen) atoms. The maximum atomic E-state index is 13.4. The number of halogens is 3. The molecule has 11 heteroatoms. The van der Waals surface area contributed by atoms with Gasteiger partial charge in [0.15, 0.2) is 6.10 Å². The quantitative estimate of drug-likeness (QED) is 0.629. The average molecular weight is 499 g/mol. The highest BCUT2D eigenvalue weighted by atomic mass is 32.2. The van der Waals surface area contributed by atoms with Gasteiger partial charge in [0.05, 0.1) is 21.4 Å². The van der Waals surface area contributed by atoms with Crippen LogP contribution >= 0.6 is 0 Å². The van der Waals surface area contributed by atoms with Crippen LogP contribution in [-0.4, -0.2) is 52.8 Å².